The Kier molecular flexibility index (Phi) is 6.77. The summed E-state index contributed by atoms with van der Waals surface area (Å²) in [5.41, 5.74) is 3.54. The van der Waals surface area contributed by atoms with Crippen molar-refractivity contribution in [2.45, 2.75) is 26.2 Å². The molecule has 1 N–H and O–H groups in total. The SMILES string of the molecule is COc1cccc(-c2nc(-n3nc(CC(=O)N4CCNCC4)c4cc(Cl)ccc43)sc2C(C)C)c1. The van der Waals surface area contributed by atoms with Gasteiger partial charge in [-0.1, -0.05) is 48.9 Å². The van der Waals surface area contributed by atoms with Crippen LogP contribution in [0.4, 0.5) is 0 Å². The van der Waals surface area contributed by atoms with Crippen molar-refractivity contribution in [2.75, 3.05) is 33.3 Å². The quantitative estimate of drug-likeness (QED) is 0.400. The van der Waals surface area contributed by atoms with Gasteiger partial charge in [0, 0.05) is 47.0 Å². The third-order valence-corrected chi connectivity index (χ3v) is 7.76. The Labute approximate surface area is 213 Å². The molecule has 7 nitrogen and oxygen atoms in total. The fraction of sp³-hybridized carbons (Fsp3) is 0.346. The van der Waals surface area contributed by atoms with Crippen LogP contribution in [-0.4, -0.2) is 58.9 Å². The molecule has 35 heavy (non-hydrogen) atoms. The predicted octanol–water partition coefficient (Wildman–Crippen LogP) is 4.91. The number of thiazole rings is 1. The van der Waals surface area contributed by atoms with Crippen molar-refractivity contribution in [3.05, 3.63) is 58.1 Å². The van der Waals surface area contributed by atoms with Crippen LogP contribution in [0.3, 0.4) is 0 Å². The Hall–Kier alpha value is -2.94. The van der Waals surface area contributed by atoms with Crippen molar-refractivity contribution < 1.29 is 9.53 Å². The Bertz CT molecular complexity index is 1370. The number of methoxy groups -OCH3 is 1. The Balaban J connectivity index is 1.58. The molecule has 2 aromatic carbocycles. The molecule has 9 heteroatoms. The number of amides is 1. The highest BCUT2D eigenvalue weighted by molar-refractivity contribution is 7.14. The van der Waals surface area contributed by atoms with E-state index in [9.17, 15) is 4.79 Å². The molecule has 3 heterocycles. The van der Waals surface area contributed by atoms with Gasteiger partial charge in [0.25, 0.3) is 0 Å². The van der Waals surface area contributed by atoms with E-state index in [0.29, 0.717) is 18.1 Å². The Morgan fingerprint density at radius 1 is 1.20 bits per heavy atom. The van der Waals surface area contributed by atoms with Crippen molar-refractivity contribution >= 4 is 39.7 Å². The zero-order valence-electron chi connectivity index (χ0n) is 20.0. The molecule has 4 aromatic rings. The highest BCUT2D eigenvalue weighted by Gasteiger charge is 2.23. The number of aromatic nitrogens is 3. The molecule has 1 fully saturated rings. The highest BCUT2D eigenvalue weighted by atomic mass is 35.5. The van der Waals surface area contributed by atoms with Gasteiger partial charge >= 0.3 is 0 Å². The van der Waals surface area contributed by atoms with Crippen molar-refractivity contribution in [1.29, 1.82) is 0 Å². The monoisotopic (exact) mass is 509 g/mol. The van der Waals surface area contributed by atoms with Crippen LogP contribution in [0, 0.1) is 0 Å². The molecule has 1 saturated heterocycles. The maximum absolute atomic E-state index is 13.0. The standard InChI is InChI=1S/C26H28ClN5O2S/c1-16(2)25-24(17-5-4-6-19(13-17)34-3)29-26(35-25)32-22-8-7-18(27)14-20(22)21(30-32)15-23(33)31-11-9-28-10-12-31/h4-8,13-14,16,28H,9-12,15H2,1-3H3. The average molecular weight is 510 g/mol. The second-order valence-electron chi connectivity index (χ2n) is 8.92. The molecular weight excluding hydrogens is 482 g/mol. The molecule has 1 aliphatic rings. The Morgan fingerprint density at radius 2 is 2.00 bits per heavy atom. The van der Waals surface area contributed by atoms with Crippen LogP contribution in [0.1, 0.15) is 30.3 Å². The summed E-state index contributed by atoms with van der Waals surface area (Å²) in [5.74, 6) is 1.16. The molecule has 5 rings (SSSR count). The van der Waals surface area contributed by atoms with Crippen molar-refractivity contribution in [2.24, 2.45) is 0 Å². The zero-order chi connectivity index (χ0) is 24.5. The lowest BCUT2D eigenvalue weighted by molar-refractivity contribution is -0.131. The number of nitrogens with one attached hydrogen (secondary N) is 1. The number of ether oxygens (including phenoxy) is 1. The molecule has 1 aliphatic heterocycles. The van der Waals surface area contributed by atoms with Crippen LogP contribution in [0.15, 0.2) is 42.5 Å². The molecule has 0 aliphatic carbocycles. The summed E-state index contributed by atoms with van der Waals surface area (Å²) in [4.78, 5) is 21.1. The number of carbonyl (C=O) groups is 1. The number of piperazine rings is 1. The highest BCUT2D eigenvalue weighted by Crippen LogP contribution is 2.37. The number of nitrogens with zero attached hydrogens (tertiary/aromatic N) is 4. The van der Waals surface area contributed by atoms with Gasteiger partial charge in [-0.15, -0.1) is 0 Å². The maximum Gasteiger partial charge on any atom is 0.228 e. The van der Waals surface area contributed by atoms with Crippen LogP contribution in [0.25, 0.3) is 27.3 Å². The van der Waals surface area contributed by atoms with E-state index in [1.54, 1.807) is 18.4 Å². The third-order valence-electron chi connectivity index (χ3n) is 6.20. The Morgan fingerprint density at radius 3 is 2.74 bits per heavy atom. The van der Waals surface area contributed by atoms with E-state index in [4.69, 9.17) is 26.4 Å². The van der Waals surface area contributed by atoms with Crippen LogP contribution in [0.5, 0.6) is 5.75 Å². The number of benzene rings is 2. The number of hydrogen-bond donors (Lipinski definition) is 1. The minimum atomic E-state index is 0.0807. The van der Waals surface area contributed by atoms with E-state index in [1.165, 1.54) is 4.88 Å². The van der Waals surface area contributed by atoms with Gasteiger partial charge in [-0.2, -0.15) is 5.10 Å². The maximum atomic E-state index is 13.0. The molecule has 0 unspecified atom stereocenters. The van der Waals surface area contributed by atoms with Gasteiger partial charge in [-0.25, -0.2) is 9.67 Å². The number of rotatable bonds is 6. The smallest absolute Gasteiger partial charge is 0.228 e. The summed E-state index contributed by atoms with van der Waals surface area (Å²) in [6.45, 7) is 7.39. The summed E-state index contributed by atoms with van der Waals surface area (Å²) in [5, 5.41) is 10.4. The van der Waals surface area contributed by atoms with E-state index in [-0.39, 0.29) is 18.2 Å². The van der Waals surface area contributed by atoms with Gasteiger partial charge in [0.1, 0.15) is 5.75 Å². The molecular formula is C26H28ClN5O2S. The topological polar surface area (TPSA) is 72.3 Å². The van der Waals surface area contributed by atoms with Gasteiger partial charge in [0.05, 0.1) is 30.4 Å². The van der Waals surface area contributed by atoms with Gasteiger partial charge in [0.15, 0.2) is 0 Å². The van der Waals surface area contributed by atoms with Gasteiger partial charge < -0.3 is 15.0 Å². The third kappa shape index (κ3) is 4.78. The lowest BCUT2D eigenvalue weighted by Crippen LogP contribution is -2.47. The first-order valence-corrected chi connectivity index (χ1v) is 12.9. The summed E-state index contributed by atoms with van der Waals surface area (Å²) in [6.07, 6.45) is 0.231. The molecule has 0 bridgehead atoms. The lowest BCUT2D eigenvalue weighted by Gasteiger charge is -2.27. The molecule has 0 atom stereocenters. The lowest BCUT2D eigenvalue weighted by atomic mass is 10.1. The van der Waals surface area contributed by atoms with Gasteiger partial charge in [0.2, 0.25) is 11.0 Å². The first-order chi connectivity index (χ1) is 16.9. The zero-order valence-corrected chi connectivity index (χ0v) is 21.6. The largest absolute Gasteiger partial charge is 0.497 e. The van der Waals surface area contributed by atoms with Crippen molar-refractivity contribution in [3.63, 3.8) is 0 Å². The number of halogens is 1. The van der Waals surface area contributed by atoms with E-state index >= 15 is 0 Å². The van der Waals surface area contributed by atoms with E-state index < -0.39 is 0 Å². The van der Waals surface area contributed by atoms with Crippen molar-refractivity contribution in [3.8, 4) is 22.1 Å². The number of fused-ring (bicyclic) bond motifs is 1. The van der Waals surface area contributed by atoms with Crippen LogP contribution >= 0.6 is 22.9 Å². The normalized spacial score (nSPS) is 14.1. The summed E-state index contributed by atoms with van der Waals surface area (Å²) in [6, 6.07) is 13.6. The minimum Gasteiger partial charge on any atom is -0.497 e. The fourth-order valence-electron chi connectivity index (χ4n) is 4.38. The number of carbonyl (C=O) groups excluding carboxylic acids is 1. The molecule has 182 valence electrons. The predicted molar refractivity (Wildman–Crippen MR) is 141 cm³/mol. The minimum absolute atomic E-state index is 0.0807. The molecule has 0 saturated carbocycles. The van der Waals surface area contributed by atoms with Crippen molar-refractivity contribution in [1.82, 2.24) is 25.0 Å². The van der Waals surface area contributed by atoms with Crippen LogP contribution in [-0.2, 0) is 11.2 Å². The number of hydrogen-bond acceptors (Lipinski definition) is 6. The van der Waals surface area contributed by atoms with Crippen LogP contribution in [0.2, 0.25) is 5.02 Å². The van der Waals surface area contributed by atoms with E-state index in [2.05, 4.69) is 19.2 Å². The summed E-state index contributed by atoms with van der Waals surface area (Å²) >= 11 is 7.97. The first kappa shape index (κ1) is 23.8. The van der Waals surface area contributed by atoms with E-state index in [0.717, 1.165) is 51.8 Å². The summed E-state index contributed by atoms with van der Waals surface area (Å²) < 4.78 is 7.29. The molecule has 2 aromatic heterocycles. The van der Waals surface area contributed by atoms with Crippen LogP contribution < -0.4 is 10.1 Å². The van der Waals surface area contributed by atoms with Gasteiger partial charge in [-0.3, -0.25) is 4.79 Å². The summed E-state index contributed by atoms with van der Waals surface area (Å²) in [7, 11) is 1.67. The van der Waals surface area contributed by atoms with Gasteiger partial charge in [-0.05, 0) is 36.2 Å². The second-order valence-corrected chi connectivity index (χ2v) is 10.4. The first-order valence-electron chi connectivity index (χ1n) is 11.8. The molecule has 1 amide bonds. The van der Waals surface area contributed by atoms with E-state index in [1.807, 2.05) is 52.0 Å². The molecule has 0 radical (unpaired) electrons. The fourth-order valence-corrected chi connectivity index (χ4v) is 5.60. The average Bonchev–Trinajstić information content (AvgIpc) is 3.47. The molecule has 0 spiro atoms. The second kappa shape index (κ2) is 9.97.